The van der Waals surface area contributed by atoms with E-state index >= 15 is 0 Å². The molecule has 1 heterocycles. The molecule has 0 amide bonds. The average molecular weight is 287 g/mol. The summed E-state index contributed by atoms with van der Waals surface area (Å²) in [5, 5.41) is 20.3. The van der Waals surface area contributed by atoms with Crippen molar-refractivity contribution in [2.24, 2.45) is 0 Å². The zero-order valence-corrected chi connectivity index (χ0v) is 11.3. The highest BCUT2D eigenvalue weighted by Gasteiger charge is 2.24. The Balaban J connectivity index is 2.45. The minimum Gasteiger partial charge on any atom is -0.478 e. The first-order valence-corrected chi connectivity index (χ1v) is 6.12. The fraction of sp³-hybridized carbons (Fsp3) is 0.143. The molecule has 2 aromatic rings. The first-order valence-electron chi connectivity index (χ1n) is 6.12. The van der Waals surface area contributed by atoms with Gasteiger partial charge < -0.3 is 10.0 Å². The summed E-state index contributed by atoms with van der Waals surface area (Å²) in [6.45, 7) is 0.270. The van der Waals surface area contributed by atoms with Crippen molar-refractivity contribution >= 4 is 17.3 Å². The molecule has 2 rings (SSSR count). The highest BCUT2D eigenvalue weighted by Crippen LogP contribution is 2.32. The third kappa shape index (κ3) is 3.14. The summed E-state index contributed by atoms with van der Waals surface area (Å²) in [4.78, 5) is 27.5. The van der Waals surface area contributed by atoms with Crippen molar-refractivity contribution in [1.29, 1.82) is 0 Å². The largest absolute Gasteiger partial charge is 0.478 e. The Labute approximate surface area is 120 Å². The van der Waals surface area contributed by atoms with Crippen LogP contribution in [0, 0.1) is 10.1 Å². The summed E-state index contributed by atoms with van der Waals surface area (Å²) in [5.74, 6) is -1.21. The molecule has 0 aliphatic rings. The van der Waals surface area contributed by atoms with Crippen LogP contribution in [-0.2, 0) is 6.54 Å². The maximum absolute atomic E-state index is 11.3. The quantitative estimate of drug-likeness (QED) is 0.669. The van der Waals surface area contributed by atoms with Crippen LogP contribution in [0.4, 0.5) is 11.4 Å². The normalized spacial score (nSPS) is 10.1. The molecule has 0 radical (unpaired) electrons. The third-order valence-electron chi connectivity index (χ3n) is 2.95. The number of para-hydroxylation sites is 1. The first kappa shape index (κ1) is 14.4. The Morgan fingerprint density at radius 3 is 2.67 bits per heavy atom. The maximum Gasteiger partial charge on any atom is 0.338 e. The van der Waals surface area contributed by atoms with Gasteiger partial charge in [-0.2, -0.15) is 0 Å². The number of hydrogen-bond donors (Lipinski definition) is 1. The lowest BCUT2D eigenvalue weighted by atomic mass is 10.1. The molecule has 7 heteroatoms. The Hall–Kier alpha value is -2.96. The van der Waals surface area contributed by atoms with E-state index in [0.29, 0.717) is 5.69 Å². The molecule has 21 heavy (non-hydrogen) atoms. The van der Waals surface area contributed by atoms with E-state index in [1.165, 1.54) is 23.1 Å². The van der Waals surface area contributed by atoms with Gasteiger partial charge in [0.1, 0.15) is 5.69 Å². The zero-order valence-electron chi connectivity index (χ0n) is 11.3. The summed E-state index contributed by atoms with van der Waals surface area (Å²) in [5.41, 5.74) is 0.408. The van der Waals surface area contributed by atoms with E-state index in [1.807, 2.05) is 0 Å². The number of hydrogen-bond acceptors (Lipinski definition) is 5. The molecule has 0 aliphatic carbocycles. The summed E-state index contributed by atoms with van der Waals surface area (Å²) in [6.07, 6.45) is 1.61. The SMILES string of the molecule is CN(Cc1ccccn1)c1c(C(=O)O)cccc1[N+](=O)[O-]. The highest BCUT2D eigenvalue weighted by molar-refractivity contribution is 5.97. The number of carboxylic acids is 1. The van der Waals surface area contributed by atoms with Gasteiger partial charge in [-0.3, -0.25) is 15.1 Å². The van der Waals surface area contributed by atoms with Crippen molar-refractivity contribution in [3.63, 3.8) is 0 Å². The van der Waals surface area contributed by atoms with Crippen LogP contribution in [-0.4, -0.2) is 28.0 Å². The number of carbonyl (C=O) groups is 1. The highest BCUT2D eigenvalue weighted by atomic mass is 16.6. The van der Waals surface area contributed by atoms with Crippen LogP contribution in [0.25, 0.3) is 0 Å². The average Bonchev–Trinajstić information content (AvgIpc) is 2.47. The topological polar surface area (TPSA) is 96.6 Å². The van der Waals surface area contributed by atoms with Gasteiger partial charge in [-0.15, -0.1) is 0 Å². The maximum atomic E-state index is 11.3. The number of nitro benzene ring substituents is 1. The van der Waals surface area contributed by atoms with Crippen molar-refractivity contribution in [3.8, 4) is 0 Å². The molecule has 0 saturated heterocycles. The molecule has 0 atom stereocenters. The van der Waals surface area contributed by atoms with E-state index in [-0.39, 0.29) is 23.5 Å². The van der Waals surface area contributed by atoms with Gasteiger partial charge >= 0.3 is 5.97 Å². The molecule has 1 N–H and O–H groups in total. The second-order valence-electron chi connectivity index (χ2n) is 4.41. The number of aromatic nitrogens is 1. The van der Waals surface area contributed by atoms with E-state index in [1.54, 1.807) is 31.4 Å². The molecule has 0 aliphatic heterocycles. The molecule has 0 unspecified atom stereocenters. The zero-order chi connectivity index (χ0) is 15.4. The van der Waals surface area contributed by atoms with Gasteiger partial charge in [0.05, 0.1) is 22.7 Å². The first-order chi connectivity index (χ1) is 10.0. The van der Waals surface area contributed by atoms with Crippen LogP contribution < -0.4 is 4.90 Å². The van der Waals surface area contributed by atoms with Gasteiger partial charge in [-0.25, -0.2) is 4.79 Å². The third-order valence-corrected chi connectivity index (χ3v) is 2.95. The smallest absolute Gasteiger partial charge is 0.338 e. The summed E-state index contributed by atoms with van der Waals surface area (Å²) in [6, 6.07) is 9.33. The van der Waals surface area contributed by atoms with Gasteiger partial charge in [0.2, 0.25) is 0 Å². The van der Waals surface area contributed by atoms with E-state index in [9.17, 15) is 20.0 Å². The van der Waals surface area contributed by atoms with E-state index < -0.39 is 10.9 Å². The summed E-state index contributed by atoms with van der Waals surface area (Å²) >= 11 is 0. The number of carboxylic acid groups (broad SMARTS) is 1. The predicted octanol–water partition coefficient (Wildman–Crippen LogP) is 2.32. The van der Waals surface area contributed by atoms with Crippen LogP contribution >= 0.6 is 0 Å². The van der Waals surface area contributed by atoms with Gasteiger partial charge in [-0.05, 0) is 18.2 Å². The summed E-state index contributed by atoms with van der Waals surface area (Å²) in [7, 11) is 1.60. The number of pyridine rings is 1. The lowest BCUT2D eigenvalue weighted by molar-refractivity contribution is -0.384. The Morgan fingerprint density at radius 2 is 2.10 bits per heavy atom. The molecule has 108 valence electrons. The van der Waals surface area contributed by atoms with Gasteiger partial charge in [0.25, 0.3) is 5.69 Å². The lowest BCUT2D eigenvalue weighted by Crippen LogP contribution is -2.21. The van der Waals surface area contributed by atoms with Gasteiger partial charge in [-0.1, -0.05) is 12.1 Å². The van der Waals surface area contributed by atoms with Crippen LogP contribution in [0.1, 0.15) is 16.1 Å². The van der Waals surface area contributed by atoms with Crippen LogP contribution in [0.15, 0.2) is 42.6 Å². The second kappa shape index (κ2) is 6.00. The fourth-order valence-electron chi connectivity index (χ4n) is 2.07. The van der Waals surface area contributed by atoms with Gasteiger partial charge in [0, 0.05) is 19.3 Å². The molecule has 0 fully saturated rings. The van der Waals surface area contributed by atoms with Crippen molar-refractivity contribution in [3.05, 3.63) is 64.0 Å². The molecule has 0 bridgehead atoms. The molecule has 0 spiro atoms. The van der Waals surface area contributed by atoms with E-state index in [0.717, 1.165) is 0 Å². The van der Waals surface area contributed by atoms with E-state index in [4.69, 9.17) is 0 Å². The van der Waals surface area contributed by atoms with Crippen molar-refractivity contribution in [2.75, 3.05) is 11.9 Å². The monoisotopic (exact) mass is 287 g/mol. The minimum atomic E-state index is -1.21. The second-order valence-corrected chi connectivity index (χ2v) is 4.41. The molecular weight excluding hydrogens is 274 g/mol. The van der Waals surface area contributed by atoms with Crippen molar-refractivity contribution in [1.82, 2.24) is 4.98 Å². The Bertz CT molecular complexity index is 641. The Kier molecular flexibility index (Phi) is 4.13. The predicted molar refractivity (Wildman–Crippen MR) is 76.4 cm³/mol. The number of nitrogens with zero attached hydrogens (tertiary/aromatic N) is 3. The van der Waals surface area contributed by atoms with Gasteiger partial charge in [0.15, 0.2) is 0 Å². The number of aromatic carboxylic acids is 1. The van der Waals surface area contributed by atoms with Crippen molar-refractivity contribution < 1.29 is 14.8 Å². The van der Waals surface area contributed by atoms with Crippen LogP contribution in [0.5, 0.6) is 0 Å². The number of rotatable bonds is 5. The van der Waals surface area contributed by atoms with Crippen molar-refractivity contribution in [2.45, 2.75) is 6.54 Å². The fourth-order valence-corrected chi connectivity index (χ4v) is 2.07. The molecular formula is C14H13N3O4. The molecule has 1 aromatic carbocycles. The molecule has 1 aromatic heterocycles. The minimum absolute atomic E-state index is 0.0700. The Morgan fingerprint density at radius 1 is 1.33 bits per heavy atom. The van der Waals surface area contributed by atoms with Crippen LogP contribution in [0.2, 0.25) is 0 Å². The molecule has 0 saturated carbocycles. The lowest BCUT2D eigenvalue weighted by Gasteiger charge is -2.20. The number of benzene rings is 1. The number of nitro groups is 1. The standard InChI is InChI=1S/C14H13N3O4/c1-16(9-10-5-2-3-8-15-10)13-11(14(18)19)6-4-7-12(13)17(20)21/h2-8H,9H2,1H3,(H,18,19). The van der Waals surface area contributed by atoms with E-state index in [2.05, 4.69) is 4.98 Å². The summed E-state index contributed by atoms with van der Waals surface area (Å²) < 4.78 is 0. The number of anilines is 1. The van der Waals surface area contributed by atoms with Crippen LogP contribution in [0.3, 0.4) is 0 Å². The molecule has 7 nitrogen and oxygen atoms in total.